The van der Waals surface area contributed by atoms with E-state index >= 15 is 0 Å². The van der Waals surface area contributed by atoms with Gasteiger partial charge in [0.1, 0.15) is 12.1 Å². The first-order chi connectivity index (χ1) is 12.3. The van der Waals surface area contributed by atoms with E-state index in [1.165, 1.54) is 0 Å². The van der Waals surface area contributed by atoms with E-state index in [2.05, 4.69) is 41.4 Å². The molecule has 1 atom stereocenters. The molecule has 0 aliphatic carbocycles. The monoisotopic (exact) mass is 326 g/mol. The van der Waals surface area contributed by atoms with E-state index in [1.54, 1.807) is 13.4 Å². The molecule has 0 spiro atoms. The molecule has 1 unspecified atom stereocenters. The number of benzene rings is 3. The third kappa shape index (κ3) is 2.54. The molecule has 3 aromatic rings. The van der Waals surface area contributed by atoms with Gasteiger partial charge in [-0.05, 0) is 28.8 Å². The average molecular weight is 326 g/mol. The Morgan fingerprint density at radius 2 is 1.32 bits per heavy atom. The number of hydrogen-bond donors (Lipinski definition) is 0. The predicted molar refractivity (Wildman–Crippen MR) is 102 cm³/mol. The van der Waals surface area contributed by atoms with Crippen molar-refractivity contribution in [1.82, 2.24) is 0 Å². The number of ether oxygens (including phenoxy) is 1. The van der Waals surface area contributed by atoms with Gasteiger partial charge in [0.05, 0.1) is 12.8 Å². The smallest absolute Gasteiger partial charge is 0.155 e. The molecule has 4 rings (SSSR count). The summed E-state index contributed by atoms with van der Waals surface area (Å²) >= 11 is 0. The summed E-state index contributed by atoms with van der Waals surface area (Å²) in [5.41, 5.74) is 3.52. The summed E-state index contributed by atoms with van der Waals surface area (Å²) < 4.78 is 5.31. The van der Waals surface area contributed by atoms with Crippen molar-refractivity contribution in [3.05, 3.63) is 102 Å². The Bertz CT molecular complexity index is 915. The second-order valence-corrected chi connectivity index (χ2v) is 5.89. The van der Waals surface area contributed by atoms with E-state index in [0.29, 0.717) is 0 Å². The summed E-state index contributed by atoms with van der Waals surface area (Å²) in [6.45, 7) is 0. The van der Waals surface area contributed by atoms with Gasteiger partial charge in [-0.1, -0.05) is 72.8 Å². The van der Waals surface area contributed by atoms with Crippen LogP contribution in [0.2, 0.25) is 0 Å². The van der Waals surface area contributed by atoms with Crippen LogP contribution in [0.4, 0.5) is 0 Å². The minimum atomic E-state index is -0.644. The SMILES string of the molecule is COc1ccc(C2(c3ccccc3)N=CN=C2c2ccccc2)cc1. The minimum absolute atomic E-state index is 0.644. The molecule has 0 N–H and O–H groups in total. The summed E-state index contributed by atoms with van der Waals surface area (Å²) in [5.74, 6) is 0.826. The number of aliphatic imine (C=N–C) groups is 2. The molecule has 1 heterocycles. The largest absolute Gasteiger partial charge is 0.497 e. The molecule has 122 valence electrons. The van der Waals surface area contributed by atoms with Gasteiger partial charge in [0.25, 0.3) is 0 Å². The molecule has 0 amide bonds. The topological polar surface area (TPSA) is 34.0 Å². The van der Waals surface area contributed by atoms with Crippen LogP contribution in [0.25, 0.3) is 0 Å². The lowest BCUT2D eigenvalue weighted by Gasteiger charge is -2.30. The molecule has 0 saturated heterocycles. The molecule has 0 bridgehead atoms. The maximum atomic E-state index is 5.31. The molecule has 0 aromatic heterocycles. The second-order valence-electron chi connectivity index (χ2n) is 5.89. The molecule has 3 aromatic carbocycles. The summed E-state index contributed by atoms with van der Waals surface area (Å²) in [6, 6.07) is 28.6. The zero-order valence-corrected chi connectivity index (χ0v) is 14.0. The molecule has 0 radical (unpaired) electrons. The van der Waals surface area contributed by atoms with Crippen LogP contribution in [-0.4, -0.2) is 19.2 Å². The summed E-state index contributed by atoms with van der Waals surface area (Å²) in [6.07, 6.45) is 1.67. The van der Waals surface area contributed by atoms with Gasteiger partial charge in [0, 0.05) is 0 Å². The molecule has 1 aliphatic heterocycles. The second kappa shape index (κ2) is 6.36. The molecule has 3 nitrogen and oxygen atoms in total. The number of rotatable bonds is 4. The van der Waals surface area contributed by atoms with Gasteiger partial charge in [0.2, 0.25) is 0 Å². The first kappa shape index (κ1) is 15.3. The van der Waals surface area contributed by atoms with Crippen molar-refractivity contribution >= 4 is 12.1 Å². The van der Waals surface area contributed by atoms with Gasteiger partial charge in [0.15, 0.2) is 5.54 Å². The van der Waals surface area contributed by atoms with E-state index in [1.807, 2.05) is 48.5 Å². The van der Waals surface area contributed by atoms with E-state index in [-0.39, 0.29) is 0 Å². The third-order valence-electron chi connectivity index (χ3n) is 4.53. The number of nitrogens with zero attached hydrogens (tertiary/aromatic N) is 2. The maximum absolute atomic E-state index is 5.31. The molecule has 25 heavy (non-hydrogen) atoms. The standard InChI is InChI=1S/C22H18N2O/c1-25-20-14-12-19(13-15-20)22(18-10-6-3-7-11-18)21(23-16-24-22)17-8-4-2-5-9-17/h2-16H,1H3. The lowest BCUT2D eigenvalue weighted by molar-refractivity contribution is 0.414. The highest BCUT2D eigenvalue weighted by molar-refractivity contribution is 6.15. The van der Waals surface area contributed by atoms with Crippen molar-refractivity contribution in [2.24, 2.45) is 9.98 Å². The normalized spacial score (nSPS) is 18.8. The zero-order valence-electron chi connectivity index (χ0n) is 14.0. The number of hydrogen-bond acceptors (Lipinski definition) is 3. The molecule has 1 aliphatic rings. The Morgan fingerprint density at radius 1 is 0.720 bits per heavy atom. The van der Waals surface area contributed by atoms with E-state index < -0.39 is 5.54 Å². The Hall–Kier alpha value is -3.20. The minimum Gasteiger partial charge on any atom is -0.497 e. The average Bonchev–Trinajstić information content (AvgIpc) is 3.15. The van der Waals surface area contributed by atoms with Crippen LogP contribution in [0.1, 0.15) is 16.7 Å². The van der Waals surface area contributed by atoms with Gasteiger partial charge in [-0.15, -0.1) is 0 Å². The van der Waals surface area contributed by atoms with Crippen molar-refractivity contribution in [1.29, 1.82) is 0 Å². The van der Waals surface area contributed by atoms with E-state index in [9.17, 15) is 0 Å². The van der Waals surface area contributed by atoms with Crippen LogP contribution in [0, 0.1) is 0 Å². The van der Waals surface area contributed by atoms with Crippen molar-refractivity contribution in [2.45, 2.75) is 5.54 Å². The molecule has 0 fully saturated rings. The highest BCUT2D eigenvalue weighted by Crippen LogP contribution is 2.40. The van der Waals surface area contributed by atoms with Gasteiger partial charge in [-0.25, -0.2) is 4.99 Å². The Morgan fingerprint density at radius 3 is 1.96 bits per heavy atom. The van der Waals surface area contributed by atoms with Gasteiger partial charge in [-0.2, -0.15) is 0 Å². The van der Waals surface area contributed by atoms with Crippen molar-refractivity contribution < 1.29 is 4.74 Å². The quantitative estimate of drug-likeness (QED) is 0.696. The Kier molecular flexibility index (Phi) is 3.90. The van der Waals surface area contributed by atoms with E-state index in [0.717, 1.165) is 28.2 Å². The third-order valence-corrected chi connectivity index (χ3v) is 4.53. The van der Waals surface area contributed by atoms with Crippen LogP contribution >= 0.6 is 0 Å². The number of methoxy groups -OCH3 is 1. The van der Waals surface area contributed by atoms with Gasteiger partial charge in [-0.3, -0.25) is 4.99 Å². The fraction of sp³-hybridized carbons (Fsp3) is 0.0909. The summed E-state index contributed by atoms with van der Waals surface area (Å²) in [7, 11) is 1.67. The highest BCUT2D eigenvalue weighted by Gasteiger charge is 2.42. The fourth-order valence-corrected chi connectivity index (χ4v) is 3.31. The van der Waals surface area contributed by atoms with Crippen molar-refractivity contribution in [3.8, 4) is 5.75 Å². The maximum Gasteiger partial charge on any atom is 0.155 e. The summed E-state index contributed by atoms with van der Waals surface area (Å²) in [5, 5.41) is 0. The van der Waals surface area contributed by atoms with Crippen LogP contribution in [0.15, 0.2) is 94.9 Å². The van der Waals surface area contributed by atoms with E-state index in [4.69, 9.17) is 9.73 Å². The summed E-state index contributed by atoms with van der Waals surface area (Å²) in [4.78, 5) is 9.50. The van der Waals surface area contributed by atoms with Crippen LogP contribution in [0.3, 0.4) is 0 Å². The molecule has 3 heteroatoms. The lowest BCUT2D eigenvalue weighted by atomic mass is 9.77. The van der Waals surface area contributed by atoms with Crippen LogP contribution < -0.4 is 4.74 Å². The Labute approximate surface area is 147 Å². The van der Waals surface area contributed by atoms with Crippen LogP contribution in [0.5, 0.6) is 5.75 Å². The zero-order chi connectivity index (χ0) is 17.1. The highest BCUT2D eigenvalue weighted by atomic mass is 16.5. The van der Waals surface area contributed by atoms with Gasteiger partial charge < -0.3 is 4.74 Å². The molecule has 0 saturated carbocycles. The molecular weight excluding hydrogens is 308 g/mol. The first-order valence-corrected chi connectivity index (χ1v) is 8.22. The predicted octanol–water partition coefficient (Wildman–Crippen LogP) is 4.47. The van der Waals surface area contributed by atoms with Gasteiger partial charge >= 0.3 is 0 Å². The Balaban J connectivity index is 1.94. The molecular formula is C22H18N2O. The van der Waals surface area contributed by atoms with Crippen LogP contribution in [-0.2, 0) is 5.54 Å². The van der Waals surface area contributed by atoms with Crippen molar-refractivity contribution in [3.63, 3.8) is 0 Å². The lowest BCUT2D eigenvalue weighted by Crippen LogP contribution is -2.33. The first-order valence-electron chi connectivity index (χ1n) is 8.22. The fourth-order valence-electron chi connectivity index (χ4n) is 3.31. The van der Waals surface area contributed by atoms with Crippen molar-refractivity contribution in [2.75, 3.05) is 7.11 Å².